The standard InChI is InChI=1S/C25H29NO3/c1-2-3-4-8-11-19-14-21-20-12-13-26(16-18-9-6-5-7-10-18)17-22(20)25(28)29-24(21)15-23(19)27/h5-7,9-10,14-15,27H,2-4,8,11-13,16-17H2,1H3. The van der Waals surface area contributed by atoms with Crippen LogP contribution in [-0.4, -0.2) is 16.6 Å². The van der Waals surface area contributed by atoms with E-state index in [1.807, 2.05) is 24.3 Å². The fraction of sp³-hybridized carbons (Fsp3) is 0.400. The molecular formula is C25H29NO3. The topological polar surface area (TPSA) is 53.7 Å². The van der Waals surface area contributed by atoms with E-state index in [1.54, 1.807) is 6.07 Å². The Morgan fingerprint density at radius 2 is 1.90 bits per heavy atom. The molecule has 4 heteroatoms. The van der Waals surface area contributed by atoms with E-state index in [9.17, 15) is 9.90 Å². The number of hydrogen-bond acceptors (Lipinski definition) is 4. The summed E-state index contributed by atoms with van der Waals surface area (Å²) >= 11 is 0. The van der Waals surface area contributed by atoms with Gasteiger partial charge in [0.15, 0.2) is 0 Å². The van der Waals surface area contributed by atoms with Crippen LogP contribution in [0.3, 0.4) is 0 Å². The van der Waals surface area contributed by atoms with Crippen molar-refractivity contribution in [2.45, 2.75) is 58.5 Å². The van der Waals surface area contributed by atoms with Gasteiger partial charge in [0.1, 0.15) is 11.3 Å². The molecule has 0 amide bonds. The van der Waals surface area contributed by atoms with Gasteiger partial charge in [0.25, 0.3) is 0 Å². The van der Waals surface area contributed by atoms with E-state index in [0.717, 1.165) is 54.4 Å². The van der Waals surface area contributed by atoms with Crippen LogP contribution in [0.1, 0.15) is 54.9 Å². The first-order valence-electron chi connectivity index (χ1n) is 10.7. The van der Waals surface area contributed by atoms with E-state index in [0.29, 0.717) is 12.1 Å². The summed E-state index contributed by atoms with van der Waals surface area (Å²) in [5.74, 6) is 0.235. The zero-order valence-corrected chi connectivity index (χ0v) is 17.1. The Hall–Kier alpha value is -2.59. The third-order valence-corrected chi connectivity index (χ3v) is 5.93. The van der Waals surface area contributed by atoms with E-state index < -0.39 is 0 Å². The van der Waals surface area contributed by atoms with Crippen LogP contribution in [0.5, 0.6) is 5.75 Å². The number of hydrogen-bond donors (Lipinski definition) is 1. The number of phenolic OH excluding ortho intramolecular Hbond substituents is 1. The highest BCUT2D eigenvalue weighted by atomic mass is 16.4. The molecule has 152 valence electrons. The lowest BCUT2D eigenvalue weighted by Crippen LogP contribution is -2.33. The first-order valence-corrected chi connectivity index (χ1v) is 10.7. The molecule has 1 aromatic heterocycles. The van der Waals surface area contributed by atoms with Crippen LogP contribution in [0.4, 0.5) is 0 Å². The van der Waals surface area contributed by atoms with Crippen molar-refractivity contribution < 1.29 is 9.52 Å². The molecule has 4 nitrogen and oxygen atoms in total. The first-order chi connectivity index (χ1) is 14.2. The van der Waals surface area contributed by atoms with Crippen molar-refractivity contribution >= 4 is 11.0 Å². The second-order valence-corrected chi connectivity index (χ2v) is 8.08. The molecular weight excluding hydrogens is 362 g/mol. The average Bonchev–Trinajstić information content (AvgIpc) is 2.73. The molecule has 1 N–H and O–H groups in total. The van der Waals surface area contributed by atoms with Gasteiger partial charge in [-0.05, 0) is 42.0 Å². The molecule has 4 rings (SSSR count). The minimum atomic E-state index is -0.277. The van der Waals surface area contributed by atoms with E-state index in [2.05, 4.69) is 24.0 Å². The average molecular weight is 392 g/mol. The Labute approximate surface area is 171 Å². The number of fused-ring (bicyclic) bond motifs is 3. The summed E-state index contributed by atoms with van der Waals surface area (Å²) in [7, 11) is 0. The van der Waals surface area contributed by atoms with Gasteiger partial charge in [0, 0.05) is 31.1 Å². The molecule has 0 saturated carbocycles. The van der Waals surface area contributed by atoms with Gasteiger partial charge in [-0.15, -0.1) is 0 Å². The molecule has 0 spiro atoms. The van der Waals surface area contributed by atoms with Crippen LogP contribution in [0.25, 0.3) is 11.0 Å². The molecule has 0 saturated heterocycles. The maximum absolute atomic E-state index is 12.6. The maximum atomic E-state index is 12.6. The number of unbranched alkanes of at least 4 members (excludes halogenated alkanes) is 3. The number of aryl methyl sites for hydroxylation is 1. The zero-order valence-electron chi connectivity index (χ0n) is 17.1. The van der Waals surface area contributed by atoms with Crippen molar-refractivity contribution in [2.24, 2.45) is 0 Å². The molecule has 0 atom stereocenters. The lowest BCUT2D eigenvalue weighted by Gasteiger charge is -2.28. The fourth-order valence-electron chi connectivity index (χ4n) is 4.32. The molecule has 2 heterocycles. The normalized spacial score (nSPS) is 14.2. The minimum absolute atomic E-state index is 0.235. The second kappa shape index (κ2) is 8.83. The van der Waals surface area contributed by atoms with Crippen molar-refractivity contribution in [3.63, 3.8) is 0 Å². The Kier molecular flexibility index (Phi) is 6.00. The van der Waals surface area contributed by atoms with Crippen LogP contribution in [-0.2, 0) is 25.9 Å². The summed E-state index contributed by atoms with van der Waals surface area (Å²) in [6, 6.07) is 14.0. The van der Waals surface area contributed by atoms with Crippen LogP contribution in [0.2, 0.25) is 0 Å². The summed E-state index contributed by atoms with van der Waals surface area (Å²) in [6.45, 7) is 4.54. The first kappa shape index (κ1) is 19.7. The van der Waals surface area contributed by atoms with Gasteiger partial charge in [0.05, 0.1) is 5.56 Å². The van der Waals surface area contributed by atoms with E-state index in [1.165, 1.54) is 24.8 Å². The molecule has 0 aliphatic carbocycles. The smallest absolute Gasteiger partial charge is 0.341 e. The fourth-order valence-corrected chi connectivity index (χ4v) is 4.32. The van der Waals surface area contributed by atoms with Gasteiger partial charge in [-0.25, -0.2) is 4.79 Å². The monoisotopic (exact) mass is 391 g/mol. The van der Waals surface area contributed by atoms with Crippen LogP contribution in [0.15, 0.2) is 51.7 Å². The highest BCUT2D eigenvalue weighted by Gasteiger charge is 2.23. The van der Waals surface area contributed by atoms with E-state index >= 15 is 0 Å². The Morgan fingerprint density at radius 3 is 2.69 bits per heavy atom. The maximum Gasteiger partial charge on any atom is 0.341 e. The molecule has 0 radical (unpaired) electrons. The molecule has 0 unspecified atom stereocenters. The van der Waals surface area contributed by atoms with E-state index in [4.69, 9.17) is 4.42 Å². The van der Waals surface area contributed by atoms with Gasteiger partial charge < -0.3 is 9.52 Å². The zero-order chi connectivity index (χ0) is 20.2. The van der Waals surface area contributed by atoms with Crippen LogP contribution >= 0.6 is 0 Å². The summed E-state index contributed by atoms with van der Waals surface area (Å²) < 4.78 is 5.60. The number of phenols is 1. The largest absolute Gasteiger partial charge is 0.508 e. The van der Waals surface area contributed by atoms with Crippen LogP contribution in [0, 0.1) is 0 Å². The van der Waals surface area contributed by atoms with Crippen molar-refractivity contribution in [3.05, 3.63) is 75.1 Å². The molecule has 1 aliphatic heterocycles. The van der Waals surface area contributed by atoms with Gasteiger partial charge in [-0.2, -0.15) is 0 Å². The quantitative estimate of drug-likeness (QED) is 0.445. The minimum Gasteiger partial charge on any atom is -0.508 e. The number of rotatable bonds is 7. The Morgan fingerprint density at radius 1 is 1.07 bits per heavy atom. The lowest BCUT2D eigenvalue weighted by atomic mass is 9.94. The Balaban J connectivity index is 1.61. The summed E-state index contributed by atoms with van der Waals surface area (Å²) in [4.78, 5) is 14.9. The third kappa shape index (κ3) is 4.38. The van der Waals surface area contributed by atoms with Gasteiger partial charge in [0.2, 0.25) is 0 Å². The van der Waals surface area contributed by atoms with Crippen molar-refractivity contribution in [1.82, 2.24) is 4.90 Å². The summed E-state index contributed by atoms with van der Waals surface area (Å²) in [5, 5.41) is 11.4. The highest BCUT2D eigenvalue weighted by molar-refractivity contribution is 5.84. The number of nitrogens with zero attached hydrogens (tertiary/aromatic N) is 1. The number of aromatic hydroxyl groups is 1. The van der Waals surface area contributed by atoms with Gasteiger partial charge in [-0.3, -0.25) is 4.90 Å². The summed E-state index contributed by atoms with van der Waals surface area (Å²) in [6.07, 6.45) is 6.33. The SMILES string of the molecule is CCCCCCc1cc2c3c(c(=O)oc2cc1O)CN(Cc1ccccc1)CC3. The van der Waals surface area contributed by atoms with Crippen LogP contribution < -0.4 is 5.63 Å². The highest BCUT2D eigenvalue weighted by Crippen LogP contribution is 2.31. The molecule has 3 aromatic rings. The third-order valence-electron chi connectivity index (χ3n) is 5.93. The Bertz CT molecular complexity index is 1040. The van der Waals surface area contributed by atoms with E-state index in [-0.39, 0.29) is 11.4 Å². The number of benzene rings is 2. The second-order valence-electron chi connectivity index (χ2n) is 8.08. The van der Waals surface area contributed by atoms with Crippen molar-refractivity contribution in [3.8, 4) is 5.75 Å². The predicted molar refractivity (Wildman–Crippen MR) is 116 cm³/mol. The lowest BCUT2D eigenvalue weighted by molar-refractivity contribution is 0.241. The molecule has 1 aliphatic rings. The van der Waals surface area contributed by atoms with Gasteiger partial charge >= 0.3 is 5.63 Å². The van der Waals surface area contributed by atoms with Gasteiger partial charge in [-0.1, -0.05) is 56.5 Å². The predicted octanol–water partition coefficient (Wildman–Crippen LogP) is 5.18. The van der Waals surface area contributed by atoms with Crippen molar-refractivity contribution in [1.29, 1.82) is 0 Å². The molecule has 0 bridgehead atoms. The molecule has 29 heavy (non-hydrogen) atoms. The van der Waals surface area contributed by atoms with Crippen molar-refractivity contribution in [2.75, 3.05) is 6.54 Å². The molecule has 2 aromatic carbocycles. The summed E-state index contributed by atoms with van der Waals surface area (Å²) in [5.41, 5.74) is 4.29. The molecule has 0 fully saturated rings.